The molecule has 0 rings (SSSR count). The van der Waals surface area contributed by atoms with Crippen LogP contribution in [0.25, 0.3) is 0 Å². The SMILES string of the molecule is CCCC[C@@H](C=O)N(C)C(=O)CCC(C)C. The molecular weight excluding hydrogens is 202 g/mol. The van der Waals surface area contributed by atoms with Gasteiger partial charge in [-0.25, -0.2) is 0 Å². The molecule has 0 saturated carbocycles. The largest absolute Gasteiger partial charge is 0.336 e. The minimum atomic E-state index is -0.236. The highest BCUT2D eigenvalue weighted by molar-refractivity contribution is 5.79. The lowest BCUT2D eigenvalue weighted by atomic mass is 10.1. The minimum Gasteiger partial charge on any atom is -0.336 e. The van der Waals surface area contributed by atoms with Gasteiger partial charge in [-0.05, 0) is 18.8 Å². The van der Waals surface area contributed by atoms with Gasteiger partial charge in [-0.2, -0.15) is 0 Å². The van der Waals surface area contributed by atoms with Gasteiger partial charge in [0.1, 0.15) is 6.29 Å². The molecule has 3 nitrogen and oxygen atoms in total. The Labute approximate surface area is 99.2 Å². The summed E-state index contributed by atoms with van der Waals surface area (Å²) in [6.07, 6.45) is 5.16. The number of carbonyl (C=O) groups excluding carboxylic acids is 2. The van der Waals surface area contributed by atoms with Crippen molar-refractivity contribution in [3.63, 3.8) is 0 Å². The van der Waals surface area contributed by atoms with Crippen molar-refractivity contribution in [3.8, 4) is 0 Å². The molecule has 1 amide bonds. The first kappa shape index (κ1) is 15.1. The summed E-state index contributed by atoms with van der Waals surface area (Å²) in [7, 11) is 1.73. The third-order valence-corrected chi connectivity index (χ3v) is 2.84. The molecule has 0 aromatic rings. The van der Waals surface area contributed by atoms with Crippen molar-refractivity contribution in [2.45, 2.75) is 58.9 Å². The van der Waals surface area contributed by atoms with Crippen LogP contribution in [0.2, 0.25) is 0 Å². The molecule has 0 fully saturated rings. The lowest BCUT2D eigenvalue weighted by Gasteiger charge is -2.24. The molecule has 0 bridgehead atoms. The minimum absolute atomic E-state index is 0.0851. The molecule has 0 aliphatic rings. The average molecular weight is 227 g/mol. The lowest BCUT2D eigenvalue weighted by Crippen LogP contribution is -2.38. The Morgan fingerprint density at radius 1 is 1.31 bits per heavy atom. The number of rotatable bonds is 8. The predicted molar refractivity (Wildman–Crippen MR) is 66.2 cm³/mol. The van der Waals surface area contributed by atoms with Crippen LogP contribution >= 0.6 is 0 Å². The van der Waals surface area contributed by atoms with Crippen molar-refractivity contribution in [1.82, 2.24) is 4.90 Å². The maximum Gasteiger partial charge on any atom is 0.222 e. The quantitative estimate of drug-likeness (QED) is 0.598. The second kappa shape index (κ2) is 8.31. The van der Waals surface area contributed by atoms with E-state index in [1.165, 1.54) is 0 Å². The van der Waals surface area contributed by atoms with E-state index >= 15 is 0 Å². The summed E-state index contributed by atoms with van der Waals surface area (Å²) in [5, 5.41) is 0. The van der Waals surface area contributed by atoms with Crippen molar-refractivity contribution in [3.05, 3.63) is 0 Å². The molecule has 1 atom stereocenters. The van der Waals surface area contributed by atoms with Crippen LogP contribution in [-0.2, 0) is 9.59 Å². The highest BCUT2D eigenvalue weighted by atomic mass is 16.2. The van der Waals surface area contributed by atoms with Gasteiger partial charge in [0.2, 0.25) is 5.91 Å². The molecule has 0 heterocycles. The van der Waals surface area contributed by atoms with E-state index in [2.05, 4.69) is 20.8 Å². The summed E-state index contributed by atoms with van der Waals surface area (Å²) >= 11 is 0. The van der Waals surface area contributed by atoms with Gasteiger partial charge >= 0.3 is 0 Å². The second-order valence-corrected chi connectivity index (χ2v) is 4.78. The van der Waals surface area contributed by atoms with Crippen molar-refractivity contribution >= 4 is 12.2 Å². The van der Waals surface area contributed by atoms with Crippen LogP contribution in [0, 0.1) is 5.92 Å². The molecule has 0 aromatic heterocycles. The van der Waals surface area contributed by atoms with Gasteiger partial charge in [-0.1, -0.05) is 33.6 Å². The Bertz CT molecular complexity index is 214. The van der Waals surface area contributed by atoms with Crippen LogP contribution < -0.4 is 0 Å². The molecule has 16 heavy (non-hydrogen) atoms. The van der Waals surface area contributed by atoms with Crippen LogP contribution in [0.1, 0.15) is 52.9 Å². The van der Waals surface area contributed by atoms with E-state index in [0.29, 0.717) is 12.3 Å². The molecule has 0 unspecified atom stereocenters. The van der Waals surface area contributed by atoms with Crippen molar-refractivity contribution < 1.29 is 9.59 Å². The molecule has 0 aromatic carbocycles. The van der Waals surface area contributed by atoms with E-state index < -0.39 is 0 Å². The number of carbonyl (C=O) groups is 2. The number of aldehydes is 1. The lowest BCUT2D eigenvalue weighted by molar-refractivity contribution is -0.135. The van der Waals surface area contributed by atoms with E-state index in [1.807, 2.05) is 0 Å². The van der Waals surface area contributed by atoms with Crippen molar-refractivity contribution in [2.24, 2.45) is 5.92 Å². The number of hydrogen-bond acceptors (Lipinski definition) is 2. The van der Waals surface area contributed by atoms with Gasteiger partial charge in [0.05, 0.1) is 6.04 Å². The molecule has 0 spiro atoms. The number of likely N-dealkylation sites (N-methyl/N-ethyl adjacent to an activating group) is 1. The summed E-state index contributed by atoms with van der Waals surface area (Å²) in [5.74, 6) is 0.615. The number of unbranched alkanes of at least 4 members (excludes halogenated alkanes) is 1. The summed E-state index contributed by atoms with van der Waals surface area (Å²) < 4.78 is 0. The van der Waals surface area contributed by atoms with Crippen molar-refractivity contribution in [1.29, 1.82) is 0 Å². The highest BCUT2D eigenvalue weighted by Gasteiger charge is 2.18. The topological polar surface area (TPSA) is 37.4 Å². The third-order valence-electron chi connectivity index (χ3n) is 2.84. The Balaban J connectivity index is 4.10. The zero-order valence-electron chi connectivity index (χ0n) is 11.0. The van der Waals surface area contributed by atoms with Gasteiger partial charge in [-0.3, -0.25) is 4.79 Å². The molecule has 94 valence electrons. The van der Waals surface area contributed by atoms with Gasteiger partial charge in [0, 0.05) is 13.5 Å². The summed E-state index contributed by atoms with van der Waals surface area (Å²) in [6.45, 7) is 6.28. The monoisotopic (exact) mass is 227 g/mol. The molecular formula is C13H25NO2. The van der Waals surface area contributed by atoms with E-state index in [9.17, 15) is 9.59 Å². The van der Waals surface area contributed by atoms with Crippen LogP contribution in [-0.4, -0.2) is 30.2 Å². The van der Waals surface area contributed by atoms with Crippen LogP contribution in [0.5, 0.6) is 0 Å². The fraction of sp³-hybridized carbons (Fsp3) is 0.846. The zero-order chi connectivity index (χ0) is 12.6. The fourth-order valence-corrected chi connectivity index (χ4v) is 1.54. The third kappa shape index (κ3) is 5.89. The Morgan fingerprint density at radius 2 is 1.94 bits per heavy atom. The van der Waals surface area contributed by atoms with E-state index in [0.717, 1.165) is 32.0 Å². The molecule has 0 saturated heterocycles. The first-order chi connectivity index (χ1) is 7.52. The van der Waals surface area contributed by atoms with Crippen molar-refractivity contribution in [2.75, 3.05) is 7.05 Å². The maximum absolute atomic E-state index is 11.8. The van der Waals surface area contributed by atoms with E-state index in [4.69, 9.17) is 0 Å². The van der Waals surface area contributed by atoms with Gasteiger partial charge < -0.3 is 9.69 Å². The maximum atomic E-state index is 11.8. The first-order valence-corrected chi connectivity index (χ1v) is 6.23. The summed E-state index contributed by atoms with van der Waals surface area (Å²) in [4.78, 5) is 24.3. The molecule has 0 radical (unpaired) electrons. The van der Waals surface area contributed by atoms with Gasteiger partial charge in [0.25, 0.3) is 0 Å². The Hall–Kier alpha value is -0.860. The number of nitrogens with zero attached hydrogens (tertiary/aromatic N) is 1. The standard InChI is InChI=1S/C13H25NO2/c1-5-6-7-12(10-15)14(4)13(16)9-8-11(2)3/h10-12H,5-9H2,1-4H3/t12-/m0/s1. The Kier molecular flexibility index (Phi) is 7.86. The van der Waals surface area contributed by atoms with Gasteiger partial charge in [0.15, 0.2) is 0 Å². The smallest absolute Gasteiger partial charge is 0.222 e. The number of hydrogen-bond donors (Lipinski definition) is 0. The first-order valence-electron chi connectivity index (χ1n) is 6.23. The molecule has 0 N–H and O–H groups in total. The van der Waals surface area contributed by atoms with Crippen LogP contribution in [0.4, 0.5) is 0 Å². The predicted octanol–water partition coefficient (Wildman–Crippen LogP) is 2.64. The average Bonchev–Trinajstić information content (AvgIpc) is 2.26. The second-order valence-electron chi connectivity index (χ2n) is 4.78. The highest BCUT2D eigenvalue weighted by Crippen LogP contribution is 2.10. The zero-order valence-corrected chi connectivity index (χ0v) is 11.0. The van der Waals surface area contributed by atoms with E-state index in [-0.39, 0.29) is 11.9 Å². The normalized spacial score (nSPS) is 12.6. The molecule has 0 aliphatic heterocycles. The van der Waals surface area contributed by atoms with Gasteiger partial charge in [-0.15, -0.1) is 0 Å². The number of amides is 1. The fourth-order valence-electron chi connectivity index (χ4n) is 1.54. The molecule has 0 aliphatic carbocycles. The van der Waals surface area contributed by atoms with E-state index in [1.54, 1.807) is 11.9 Å². The van der Waals surface area contributed by atoms with Crippen LogP contribution in [0.3, 0.4) is 0 Å². The summed E-state index contributed by atoms with van der Waals surface area (Å²) in [5.41, 5.74) is 0. The molecule has 3 heteroatoms. The Morgan fingerprint density at radius 3 is 2.38 bits per heavy atom. The van der Waals surface area contributed by atoms with Crippen LogP contribution in [0.15, 0.2) is 0 Å². The summed E-state index contributed by atoms with van der Waals surface area (Å²) in [6, 6.07) is -0.236.